The Kier molecular flexibility index (Phi) is 5.13. The average molecular weight is 251 g/mol. The number of nitrogens with one attached hydrogen (secondary N) is 1. The van der Waals surface area contributed by atoms with Crippen LogP contribution in [-0.2, 0) is 11.3 Å². The van der Waals surface area contributed by atoms with Gasteiger partial charge in [-0.1, -0.05) is 30.3 Å². The van der Waals surface area contributed by atoms with Crippen LogP contribution >= 0.6 is 0 Å². The predicted molar refractivity (Wildman–Crippen MR) is 66.9 cm³/mol. The van der Waals surface area contributed by atoms with Gasteiger partial charge in [0.15, 0.2) is 0 Å². The first-order chi connectivity index (χ1) is 8.50. The van der Waals surface area contributed by atoms with Crippen molar-refractivity contribution in [3.63, 3.8) is 0 Å². The highest BCUT2D eigenvalue weighted by molar-refractivity contribution is 5.77. The maximum atomic E-state index is 11.6. The Hall–Kier alpha value is -2.08. The van der Waals surface area contributed by atoms with Crippen molar-refractivity contribution >= 4 is 12.0 Å². The molecule has 0 bridgehead atoms. The monoisotopic (exact) mass is 251 g/mol. The van der Waals surface area contributed by atoms with Gasteiger partial charge in [-0.05, 0) is 5.56 Å². The molecule has 0 saturated heterocycles. The van der Waals surface area contributed by atoms with Gasteiger partial charge in [0.25, 0.3) is 0 Å². The molecule has 2 amide bonds. The second kappa shape index (κ2) is 6.61. The normalized spacial score (nSPS) is 11.7. The van der Waals surface area contributed by atoms with Crippen molar-refractivity contribution in [2.45, 2.75) is 12.6 Å². The van der Waals surface area contributed by atoms with E-state index < -0.39 is 12.0 Å². The summed E-state index contributed by atoms with van der Waals surface area (Å²) in [6.45, 7) is 0.363. The van der Waals surface area contributed by atoms with Crippen LogP contribution in [0.15, 0.2) is 30.3 Å². The highest BCUT2D eigenvalue weighted by atomic mass is 16.4. The van der Waals surface area contributed by atoms with E-state index >= 15 is 0 Å². The number of carboxylic acids is 1. The Labute approximate surface area is 105 Å². The molecule has 0 radical (unpaired) electrons. The maximum absolute atomic E-state index is 11.6. The third-order valence-electron chi connectivity index (χ3n) is 2.40. The van der Waals surface area contributed by atoms with Gasteiger partial charge in [0.2, 0.25) is 0 Å². The summed E-state index contributed by atoms with van der Waals surface area (Å²) >= 11 is 0. The fraction of sp³-hybridized carbons (Fsp3) is 0.333. The number of carbonyl (C=O) groups excluding carboxylic acids is 1. The fourth-order valence-corrected chi connectivity index (χ4v) is 1.35. The van der Waals surface area contributed by atoms with Gasteiger partial charge in [-0.3, -0.25) is 4.79 Å². The van der Waals surface area contributed by atoms with Gasteiger partial charge in [-0.2, -0.15) is 0 Å². The third kappa shape index (κ3) is 4.42. The standard InChI is InChI=1S/C12H17N3O3/c1-15(8-9-5-3-2-4-6-9)12(18)14-7-10(13)11(16)17/h2-6,10H,7-8,13H2,1H3,(H,14,18)(H,16,17). The zero-order valence-electron chi connectivity index (χ0n) is 10.2. The Balaban J connectivity index is 2.40. The van der Waals surface area contributed by atoms with Gasteiger partial charge in [0.1, 0.15) is 6.04 Å². The highest BCUT2D eigenvalue weighted by Gasteiger charge is 2.14. The molecule has 6 heteroatoms. The lowest BCUT2D eigenvalue weighted by molar-refractivity contribution is -0.138. The number of urea groups is 1. The van der Waals surface area contributed by atoms with Crippen LogP contribution in [0.2, 0.25) is 0 Å². The average Bonchev–Trinajstić information content (AvgIpc) is 2.36. The van der Waals surface area contributed by atoms with Crippen LogP contribution in [0.4, 0.5) is 4.79 Å². The van der Waals surface area contributed by atoms with Gasteiger partial charge < -0.3 is 21.1 Å². The van der Waals surface area contributed by atoms with Crippen molar-refractivity contribution in [3.05, 3.63) is 35.9 Å². The molecule has 18 heavy (non-hydrogen) atoms. The van der Waals surface area contributed by atoms with Crippen molar-refractivity contribution in [1.29, 1.82) is 0 Å². The quantitative estimate of drug-likeness (QED) is 0.698. The number of carbonyl (C=O) groups is 2. The molecule has 0 spiro atoms. The van der Waals surface area contributed by atoms with Crippen molar-refractivity contribution in [3.8, 4) is 0 Å². The molecule has 0 saturated carbocycles. The summed E-state index contributed by atoms with van der Waals surface area (Å²) in [7, 11) is 1.63. The predicted octanol–water partition coefficient (Wildman–Crippen LogP) is 0.240. The Morgan fingerprint density at radius 2 is 2.00 bits per heavy atom. The molecule has 0 aliphatic rings. The van der Waals surface area contributed by atoms with Crippen LogP contribution in [0.1, 0.15) is 5.56 Å². The van der Waals surface area contributed by atoms with Crippen molar-refractivity contribution in [1.82, 2.24) is 10.2 Å². The number of hydrogen-bond donors (Lipinski definition) is 3. The summed E-state index contributed by atoms with van der Waals surface area (Å²) in [6, 6.07) is 8.06. The second-order valence-electron chi connectivity index (χ2n) is 3.97. The molecule has 1 aromatic carbocycles. The zero-order chi connectivity index (χ0) is 13.5. The van der Waals surface area contributed by atoms with E-state index in [-0.39, 0.29) is 12.6 Å². The maximum Gasteiger partial charge on any atom is 0.322 e. The summed E-state index contributed by atoms with van der Waals surface area (Å²) in [5, 5.41) is 11.0. The summed E-state index contributed by atoms with van der Waals surface area (Å²) < 4.78 is 0. The zero-order valence-corrected chi connectivity index (χ0v) is 10.2. The van der Waals surface area contributed by atoms with E-state index in [1.807, 2.05) is 30.3 Å². The van der Waals surface area contributed by atoms with Crippen LogP contribution in [0, 0.1) is 0 Å². The molecule has 1 aromatic rings. The molecule has 1 atom stereocenters. The number of amides is 2. The van der Waals surface area contributed by atoms with Crippen molar-refractivity contribution in [2.75, 3.05) is 13.6 Å². The lowest BCUT2D eigenvalue weighted by atomic mass is 10.2. The van der Waals surface area contributed by atoms with Crippen LogP contribution in [0.3, 0.4) is 0 Å². The van der Waals surface area contributed by atoms with Crippen LogP contribution in [0.25, 0.3) is 0 Å². The van der Waals surface area contributed by atoms with Crippen molar-refractivity contribution in [2.24, 2.45) is 5.73 Å². The van der Waals surface area contributed by atoms with E-state index in [1.54, 1.807) is 7.05 Å². The number of rotatable bonds is 5. The lowest BCUT2D eigenvalue weighted by Gasteiger charge is -2.18. The van der Waals surface area contributed by atoms with E-state index in [0.717, 1.165) is 5.56 Å². The molecule has 0 fully saturated rings. The number of hydrogen-bond acceptors (Lipinski definition) is 3. The lowest BCUT2D eigenvalue weighted by Crippen LogP contribution is -2.46. The van der Waals surface area contributed by atoms with Gasteiger partial charge in [-0.15, -0.1) is 0 Å². The van der Waals surface area contributed by atoms with E-state index in [9.17, 15) is 9.59 Å². The molecule has 98 valence electrons. The Morgan fingerprint density at radius 3 is 2.56 bits per heavy atom. The molecule has 1 unspecified atom stereocenters. The molecule has 0 heterocycles. The highest BCUT2D eigenvalue weighted by Crippen LogP contribution is 2.02. The van der Waals surface area contributed by atoms with Gasteiger partial charge in [0, 0.05) is 20.1 Å². The minimum atomic E-state index is -1.14. The van der Waals surface area contributed by atoms with Crippen LogP contribution in [0.5, 0.6) is 0 Å². The Bertz CT molecular complexity index is 408. The first-order valence-corrected chi connectivity index (χ1v) is 5.52. The summed E-state index contributed by atoms with van der Waals surface area (Å²) in [5.74, 6) is -1.14. The number of carboxylic acid groups (broad SMARTS) is 1. The molecule has 0 aliphatic carbocycles. The number of aliphatic carboxylic acids is 1. The molecule has 0 aromatic heterocycles. The molecular formula is C12H17N3O3. The largest absolute Gasteiger partial charge is 0.480 e. The summed E-state index contributed by atoms with van der Waals surface area (Å²) in [4.78, 5) is 23.6. The van der Waals surface area contributed by atoms with E-state index in [0.29, 0.717) is 6.54 Å². The topological polar surface area (TPSA) is 95.7 Å². The van der Waals surface area contributed by atoms with E-state index in [2.05, 4.69) is 5.32 Å². The van der Waals surface area contributed by atoms with Crippen LogP contribution in [-0.4, -0.2) is 41.6 Å². The number of nitrogens with two attached hydrogens (primary N) is 1. The second-order valence-corrected chi connectivity index (χ2v) is 3.97. The van der Waals surface area contributed by atoms with Gasteiger partial charge >= 0.3 is 12.0 Å². The molecular weight excluding hydrogens is 234 g/mol. The molecule has 0 aliphatic heterocycles. The van der Waals surface area contributed by atoms with Crippen LogP contribution < -0.4 is 11.1 Å². The van der Waals surface area contributed by atoms with Gasteiger partial charge in [-0.25, -0.2) is 4.79 Å². The van der Waals surface area contributed by atoms with E-state index in [1.165, 1.54) is 4.90 Å². The van der Waals surface area contributed by atoms with Crippen molar-refractivity contribution < 1.29 is 14.7 Å². The fourth-order valence-electron chi connectivity index (χ4n) is 1.35. The van der Waals surface area contributed by atoms with E-state index in [4.69, 9.17) is 10.8 Å². The summed E-state index contributed by atoms with van der Waals surface area (Å²) in [5.41, 5.74) is 6.28. The molecule has 1 rings (SSSR count). The number of nitrogens with zero attached hydrogens (tertiary/aromatic N) is 1. The smallest absolute Gasteiger partial charge is 0.322 e. The number of benzene rings is 1. The van der Waals surface area contributed by atoms with Gasteiger partial charge in [0.05, 0.1) is 0 Å². The molecule has 6 nitrogen and oxygen atoms in total. The molecule has 4 N–H and O–H groups in total. The first-order valence-electron chi connectivity index (χ1n) is 5.52. The summed E-state index contributed by atoms with van der Waals surface area (Å²) in [6.07, 6.45) is 0. The SMILES string of the molecule is CN(Cc1ccccc1)C(=O)NCC(N)C(=O)O. The Morgan fingerprint density at radius 1 is 1.39 bits per heavy atom. The minimum absolute atomic E-state index is 0.0900. The third-order valence-corrected chi connectivity index (χ3v) is 2.40. The minimum Gasteiger partial charge on any atom is -0.480 e. The first kappa shape index (κ1) is 14.0.